The summed E-state index contributed by atoms with van der Waals surface area (Å²) in [6.45, 7) is 8.03. The van der Waals surface area contributed by atoms with Gasteiger partial charge in [0.1, 0.15) is 0 Å². The van der Waals surface area contributed by atoms with Crippen LogP contribution in [0.25, 0.3) is 0 Å². The van der Waals surface area contributed by atoms with Gasteiger partial charge in [-0.05, 0) is 33.8 Å². The van der Waals surface area contributed by atoms with E-state index in [1.807, 2.05) is 52.4 Å². The van der Waals surface area contributed by atoms with E-state index in [1.54, 1.807) is 4.90 Å². The normalized spacial score (nSPS) is 10.9. The van der Waals surface area contributed by atoms with Crippen molar-refractivity contribution in [2.45, 2.75) is 33.7 Å². The van der Waals surface area contributed by atoms with Crippen molar-refractivity contribution in [1.29, 1.82) is 0 Å². The molecule has 0 aliphatic heterocycles. The summed E-state index contributed by atoms with van der Waals surface area (Å²) in [6, 6.07) is 2.19. The lowest BCUT2D eigenvalue weighted by Gasteiger charge is -2.21. The lowest BCUT2D eigenvalue weighted by atomic mass is 10.2. The molecule has 84 valence electrons. The van der Waals surface area contributed by atoms with E-state index in [2.05, 4.69) is 0 Å². The monoisotopic (exact) mass is 208 g/mol. The number of aryl methyl sites for hydroxylation is 1. The van der Waals surface area contributed by atoms with Crippen LogP contribution in [-0.2, 0) is 7.05 Å². The predicted molar refractivity (Wildman–Crippen MR) is 62.1 cm³/mol. The molecule has 0 unspecified atom stereocenters. The average molecular weight is 208 g/mol. The molecule has 0 aliphatic carbocycles. The third-order valence-corrected chi connectivity index (χ3v) is 3.10. The van der Waals surface area contributed by atoms with Gasteiger partial charge < -0.3 is 9.47 Å². The van der Waals surface area contributed by atoms with Crippen LogP contribution in [-0.4, -0.2) is 28.5 Å². The molecule has 0 spiro atoms. The molecule has 0 aliphatic rings. The molecule has 1 heterocycles. The van der Waals surface area contributed by atoms with Gasteiger partial charge in [-0.25, -0.2) is 0 Å². The Bertz CT molecular complexity index is 377. The van der Waals surface area contributed by atoms with E-state index >= 15 is 0 Å². The highest BCUT2D eigenvalue weighted by atomic mass is 16.2. The number of carbonyl (C=O) groups excluding carboxylic acids is 1. The number of hydrogen-bond acceptors (Lipinski definition) is 1. The zero-order valence-corrected chi connectivity index (χ0v) is 10.5. The predicted octanol–water partition coefficient (Wildman–Crippen LogP) is 2.12. The molecule has 0 aromatic carbocycles. The number of amides is 1. The minimum absolute atomic E-state index is 0.103. The Balaban J connectivity index is 3.07. The zero-order valence-electron chi connectivity index (χ0n) is 10.5. The van der Waals surface area contributed by atoms with Crippen molar-refractivity contribution in [3.63, 3.8) is 0 Å². The van der Waals surface area contributed by atoms with Gasteiger partial charge >= 0.3 is 0 Å². The summed E-state index contributed by atoms with van der Waals surface area (Å²) in [5, 5.41) is 0. The summed E-state index contributed by atoms with van der Waals surface area (Å²) >= 11 is 0. The van der Waals surface area contributed by atoms with Gasteiger partial charge in [-0.15, -0.1) is 0 Å². The van der Waals surface area contributed by atoms with Crippen LogP contribution in [0.1, 0.15) is 35.6 Å². The molecule has 1 rings (SSSR count). The summed E-state index contributed by atoms with van der Waals surface area (Å²) in [5.74, 6) is 0.103. The summed E-state index contributed by atoms with van der Waals surface area (Å²) in [6.07, 6.45) is 0. The number of hydrogen-bond donors (Lipinski definition) is 0. The SMILES string of the molecule is Cc1cc(C(=O)N(C)C(C)C)c(C)n1C. The van der Waals surface area contributed by atoms with Crippen molar-refractivity contribution in [3.05, 3.63) is 23.0 Å². The van der Waals surface area contributed by atoms with Crippen LogP contribution in [0.5, 0.6) is 0 Å². The van der Waals surface area contributed by atoms with Gasteiger partial charge in [-0.2, -0.15) is 0 Å². The van der Waals surface area contributed by atoms with Crippen LogP contribution >= 0.6 is 0 Å². The lowest BCUT2D eigenvalue weighted by molar-refractivity contribution is 0.0754. The molecule has 3 heteroatoms. The largest absolute Gasteiger partial charge is 0.351 e. The molecule has 0 saturated carbocycles. The second-order valence-corrected chi connectivity index (χ2v) is 4.35. The smallest absolute Gasteiger partial charge is 0.255 e. The van der Waals surface area contributed by atoms with E-state index in [4.69, 9.17) is 0 Å². The first-order chi connectivity index (χ1) is 6.86. The second kappa shape index (κ2) is 4.09. The first-order valence-electron chi connectivity index (χ1n) is 5.26. The number of nitrogens with zero attached hydrogens (tertiary/aromatic N) is 2. The fourth-order valence-corrected chi connectivity index (χ4v) is 1.50. The van der Waals surface area contributed by atoms with E-state index in [0.29, 0.717) is 0 Å². The summed E-state index contributed by atoms with van der Waals surface area (Å²) in [7, 11) is 3.82. The highest BCUT2D eigenvalue weighted by Gasteiger charge is 2.19. The van der Waals surface area contributed by atoms with E-state index in [1.165, 1.54) is 0 Å². The highest BCUT2D eigenvalue weighted by Crippen LogP contribution is 2.15. The minimum atomic E-state index is 0.103. The van der Waals surface area contributed by atoms with E-state index in [-0.39, 0.29) is 11.9 Å². The van der Waals surface area contributed by atoms with Gasteiger partial charge in [-0.1, -0.05) is 0 Å². The Morgan fingerprint density at radius 1 is 1.40 bits per heavy atom. The fraction of sp³-hybridized carbons (Fsp3) is 0.583. The third-order valence-electron chi connectivity index (χ3n) is 3.10. The molecule has 3 nitrogen and oxygen atoms in total. The first kappa shape index (κ1) is 11.8. The lowest BCUT2D eigenvalue weighted by Crippen LogP contribution is -2.33. The molecular formula is C12H20N2O. The van der Waals surface area contributed by atoms with Crippen molar-refractivity contribution in [1.82, 2.24) is 9.47 Å². The van der Waals surface area contributed by atoms with Gasteiger partial charge in [0, 0.05) is 31.5 Å². The van der Waals surface area contributed by atoms with Crippen molar-refractivity contribution in [2.75, 3.05) is 7.05 Å². The average Bonchev–Trinajstić information content (AvgIpc) is 2.43. The highest BCUT2D eigenvalue weighted by molar-refractivity contribution is 5.95. The Hall–Kier alpha value is -1.25. The molecule has 0 bridgehead atoms. The van der Waals surface area contributed by atoms with Crippen molar-refractivity contribution < 1.29 is 4.79 Å². The number of aromatic nitrogens is 1. The number of rotatable bonds is 2. The Kier molecular flexibility index (Phi) is 3.22. The van der Waals surface area contributed by atoms with Gasteiger partial charge in [0.2, 0.25) is 0 Å². The minimum Gasteiger partial charge on any atom is -0.351 e. The van der Waals surface area contributed by atoms with E-state index < -0.39 is 0 Å². The van der Waals surface area contributed by atoms with E-state index in [0.717, 1.165) is 17.0 Å². The molecule has 15 heavy (non-hydrogen) atoms. The van der Waals surface area contributed by atoms with Gasteiger partial charge in [0.15, 0.2) is 0 Å². The Labute approximate surface area is 91.7 Å². The van der Waals surface area contributed by atoms with Crippen molar-refractivity contribution >= 4 is 5.91 Å². The number of carbonyl (C=O) groups is 1. The fourth-order valence-electron chi connectivity index (χ4n) is 1.50. The molecule has 0 fully saturated rings. The van der Waals surface area contributed by atoms with Crippen LogP contribution in [0, 0.1) is 13.8 Å². The van der Waals surface area contributed by atoms with Crippen LogP contribution in [0.3, 0.4) is 0 Å². The van der Waals surface area contributed by atoms with Gasteiger partial charge in [0.05, 0.1) is 5.56 Å². The molecule has 1 amide bonds. The van der Waals surface area contributed by atoms with Crippen molar-refractivity contribution in [3.8, 4) is 0 Å². The molecule has 1 aromatic heterocycles. The molecule has 0 atom stereocenters. The Morgan fingerprint density at radius 3 is 2.27 bits per heavy atom. The van der Waals surface area contributed by atoms with Gasteiger partial charge in [0.25, 0.3) is 5.91 Å². The summed E-state index contributed by atoms with van der Waals surface area (Å²) < 4.78 is 2.04. The topological polar surface area (TPSA) is 25.2 Å². The zero-order chi connectivity index (χ0) is 11.7. The Morgan fingerprint density at radius 2 is 1.93 bits per heavy atom. The maximum atomic E-state index is 12.1. The summed E-state index contributed by atoms with van der Waals surface area (Å²) in [4.78, 5) is 13.9. The van der Waals surface area contributed by atoms with Gasteiger partial charge in [-0.3, -0.25) is 4.79 Å². The standard InChI is InChI=1S/C12H20N2O/c1-8(2)13(5)12(15)11-7-9(3)14(6)10(11)4/h7-8H,1-6H3. The molecule has 1 aromatic rings. The molecule has 0 saturated heterocycles. The van der Waals surface area contributed by atoms with Crippen LogP contribution < -0.4 is 0 Å². The second-order valence-electron chi connectivity index (χ2n) is 4.35. The maximum absolute atomic E-state index is 12.1. The first-order valence-corrected chi connectivity index (χ1v) is 5.26. The van der Waals surface area contributed by atoms with Crippen molar-refractivity contribution in [2.24, 2.45) is 7.05 Å². The molecule has 0 radical (unpaired) electrons. The van der Waals surface area contributed by atoms with Crippen LogP contribution in [0.2, 0.25) is 0 Å². The summed E-state index contributed by atoms with van der Waals surface area (Å²) in [5.41, 5.74) is 2.96. The third kappa shape index (κ3) is 2.06. The molecule has 0 N–H and O–H groups in total. The molecular weight excluding hydrogens is 188 g/mol. The maximum Gasteiger partial charge on any atom is 0.255 e. The van der Waals surface area contributed by atoms with Crippen LogP contribution in [0.15, 0.2) is 6.07 Å². The quantitative estimate of drug-likeness (QED) is 0.731. The van der Waals surface area contributed by atoms with Crippen LogP contribution in [0.4, 0.5) is 0 Å². The van der Waals surface area contributed by atoms with E-state index in [9.17, 15) is 4.79 Å².